The van der Waals surface area contributed by atoms with E-state index in [-0.39, 0.29) is 23.8 Å². The highest BCUT2D eigenvalue weighted by Gasteiger charge is 2.58. The predicted octanol–water partition coefficient (Wildman–Crippen LogP) is 4.39. The Kier molecular flexibility index (Phi) is 7.05. The first-order valence-electron chi connectivity index (χ1n) is 11.7. The van der Waals surface area contributed by atoms with Gasteiger partial charge < -0.3 is 19.9 Å². The topological polar surface area (TPSA) is 71.0 Å². The number of alkyl carbamates (subject to hydrolysis) is 1. The van der Waals surface area contributed by atoms with Crippen molar-refractivity contribution in [3.8, 4) is 5.75 Å². The zero-order chi connectivity index (χ0) is 23.3. The van der Waals surface area contributed by atoms with Gasteiger partial charge in [0.1, 0.15) is 12.4 Å². The molecule has 1 saturated carbocycles. The van der Waals surface area contributed by atoms with Crippen LogP contribution in [0.1, 0.15) is 36.8 Å². The number of phenols is 1. The molecule has 0 radical (unpaired) electrons. The van der Waals surface area contributed by atoms with Crippen LogP contribution >= 0.6 is 0 Å². The summed E-state index contributed by atoms with van der Waals surface area (Å²) in [6.07, 6.45) is 4.74. The molecule has 6 heteroatoms. The first kappa shape index (κ1) is 23.3. The molecule has 1 heterocycles. The fraction of sp³-hybridized carbons (Fsp3) is 0.444. The average Bonchev–Trinajstić information content (AvgIpc) is 2.83. The van der Waals surface area contributed by atoms with E-state index in [1.54, 1.807) is 13.2 Å². The Morgan fingerprint density at radius 1 is 1.24 bits per heavy atom. The van der Waals surface area contributed by atoms with Crippen molar-refractivity contribution in [1.82, 2.24) is 10.2 Å². The van der Waals surface area contributed by atoms with E-state index in [4.69, 9.17) is 9.47 Å². The second kappa shape index (κ2) is 9.98. The predicted molar refractivity (Wildman–Crippen MR) is 128 cm³/mol. The number of carbonyl (C=O) groups excluding carboxylic acids is 1. The highest BCUT2D eigenvalue weighted by Crippen LogP contribution is 2.53. The quantitative estimate of drug-likeness (QED) is 0.613. The lowest BCUT2D eigenvalue weighted by Crippen LogP contribution is -2.67. The van der Waals surface area contributed by atoms with Crippen molar-refractivity contribution < 1.29 is 19.4 Å². The summed E-state index contributed by atoms with van der Waals surface area (Å²) in [5, 5.41) is 13.4. The number of piperidine rings is 1. The number of rotatable bonds is 7. The molecule has 0 aromatic heterocycles. The standard InChI is InChI=1S/C27H34N2O4/c1-3-15-29-16-14-26(22-10-7-11-24(30)17-22)18-23(12-13-27(26,20-29)32-2)28-25(31)33-19-21-8-5-4-6-9-21/h3-11,17,23,30H,1,12-16,18-20H2,2H3,(H,28,31)/t23-,26-,27-/m0/s1. The molecule has 0 unspecified atom stereocenters. The lowest BCUT2D eigenvalue weighted by molar-refractivity contribution is -0.146. The molecule has 2 aromatic carbocycles. The third-order valence-electron chi connectivity index (χ3n) is 7.41. The van der Waals surface area contributed by atoms with Gasteiger partial charge in [0.15, 0.2) is 0 Å². The SMILES string of the molecule is C=CCN1CC[C@@]2(c3cccc(O)c3)C[C@@H](NC(=O)OCc3ccccc3)CC[C@]2(OC)C1. The number of methoxy groups -OCH3 is 1. The molecule has 3 atom stereocenters. The van der Waals surface area contributed by atoms with Gasteiger partial charge in [0.2, 0.25) is 0 Å². The van der Waals surface area contributed by atoms with Crippen LogP contribution in [-0.4, -0.2) is 54.5 Å². The molecule has 2 aromatic rings. The molecule has 2 fully saturated rings. The summed E-state index contributed by atoms with van der Waals surface area (Å²) in [6, 6.07) is 17.2. The first-order valence-corrected chi connectivity index (χ1v) is 11.7. The number of aromatic hydroxyl groups is 1. The molecule has 33 heavy (non-hydrogen) atoms. The molecule has 4 rings (SSSR count). The van der Waals surface area contributed by atoms with Crippen LogP contribution in [0.25, 0.3) is 0 Å². The molecular weight excluding hydrogens is 416 g/mol. The number of ether oxygens (including phenoxy) is 2. The maximum atomic E-state index is 12.6. The van der Waals surface area contributed by atoms with Crippen LogP contribution in [0.2, 0.25) is 0 Å². The van der Waals surface area contributed by atoms with E-state index in [0.717, 1.165) is 56.4 Å². The van der Waals surface area contributed by atoms with Crippen LogP contribution in [0, 0.1) is 0 Å². The largest absolute Gasteiger partial charge is 0.508 e. The van der Waals surface area contributed by atoms with Gasteiger partial charge in [0, 0.05) is 31.7 Å². The Morgan fingerprint density at radius 2 is 2.06 bits per heavy atom. The van der Waals surface area contributed by atoms with E-state index in [1.165, 1.54) is 0 Å². The highest BCUT2D eigenvalue weighted by molar-refractivity contribution is 5.67. The highest BCUT2D eigenvalue weighted by atomic mass is 16.5. The number of hydrogen-bond acceptors (Lipinski definition) is 5. The van der Waals surface area contributed by atoms with Crippen molar-refractivity contribution in [3.05, 3.63) is 78.4 Å². The van der Waals surface area contributed by atoms with Gasteiger partial charge in [-0.05, 0) is 55.5 Å². The molecule has 2 N–H and O–H groups in total. The van der Waals surface area contributed by atoms with Gasteiger partial charge in [0.25, 0.3) is 0 Å². The molecule has 6 nitrogen and oxygen atoms in total. The molecule has 0 spiro atoms. The second-order valence-corrected chi connectivity index (χ2v) is 9.25. The van der Waals surface area contributed by atoms with Crippen LogP contribution in [-0.2, 0) is 21.5 Å². The molecular formula is C27H34N2O4. The van der Waals surface area contributed by atoms with Crippen molar-refractivity contribution in [2.45, 2.75) is 49.3 Å². The number of hydrogen-bond donors (Lipinski definition) is 2. The monoisotopic (exact) mass is 450 g/mol. The number of carbonyl (C=O) groups is 1. The number of nitrogens with zero attached hydrogens (tertiary/aromatic N) is 1. The number of amides is 1. The number of fused-ring (bicyclic) bond motifs is 1. The molecule has 1 saturated heterocycles. The fourth-order valence-electron chi connectivity index (χ4n) is 5.79. The van der Waals surface area contributed by atoms with Crippen molar-refractivity contribution >= 4 is 6.09 Å². The maximum Gasteiger partial charge on any atom is 0.407 e. The maximum absolute atomic E-state index is 12.6. The van der Waals surface area contributed by atoms with Crippen LogP contribution in [0.15, 0.2) is 67.3 Å². The first-order chi connectivity index (χ1) is 16.0. The summed E-state index contributed by atoms with van der Waals surface area (Å²) in [4.78, 5) is 15.0. The van der Waals surface area contributed by atoms with Gasteiger partial charge in [-0.1, -0.05) is 48.5 Å². The van der Waals surface area contributed by atoms with Gasteiger partial charge in [-0.15, -0.1) is 6.58 Å². The minimum atomic E-state index is -0.409. The normalized spacial score (nSPS) is 27.4. The van der Waals surface area contributed by atoms with Gasteiger partial charge in [-0.3, -0.25) is 4.90 Å². The van der Waals surface area contributed by atoms with Crippen LogP contribution < -0.4 is 5.32 Å². The third kappa shape index (κ3) is 4.77. The zero-order valence-electron chi connectivity index (χ0n) is 19.3. The summed E-state index contributed by atoms with van der Waals surface area (Å²) in [7, 11) is 1.79. The Hall–Kier alpha value is -2.83. The summed E-state index contributed by atoms with van der Waals surface area (Å²) in [6.45, 7) is 6.65. The molecule has 1 amide bonds. The Balaban J connectivity index is 1.55. The second-order valence-electron chi connectivity index (χ2n) is 9.25. The van der Waals surface area contributed by atoms with Gasteiger partial charge in [-0.2, -0.15) is 0 Å². The minimum Gasteiger partial charge on any atom is -0.508 e. The number of phenolic OH excluding ortho intramolecular Hbond substituents is 1. The Labute approximate surface area is 196 Å². The van der Waals surface area contributed by atoms with E-state index < -0.39 is 11.7 Å². The molecule has 0 bridgehead atoms. The van der Waals surface area contributed by atoms with Crippen LogP contribution in [0.3, 0.4) is 0 Å². The summed E-state index contributed by atoms with van der Waals surface area (Å²) < 4.78 is 11.8. The van der Waals surface area contributed by atoms with Crippen molar-refractivity contribution in [2.75, 3.05) is 26.7 Å². The van der Waals surface area contributed by atoms with E-state index in [9.17, 15) is 9.90 Å². The third-order valence-corrected chi connectivity index (χ3v) is 7.41. The zero-order valence-corrected chi connectivity index (χ0v) is 19.3. The molecule has 2 aliphatic rings. The fourth-order valence-corrected chi connectivity index (χ4v) is 5.79. The van der Waals surface area contributed by atoms with E-state index in [2.05, 4.69) is 22.9 Å². The molecule has 1 aliphatic carbocycles. The number of likely N-dealkylation sites (tertiary alicyclic amines) is 1. The summed E-state index contributed by atoms with van der Waals surface area (Å²) >= 11 is 0. The van der Waals surface area contributed by atoms with Crippen molar-refractivity contribution in [1.29, 1.82) is 0 Å². The Morgan fingerprint density at radius 3 is 2.79 bits per heavy atom. The number of benzene rings is 2. The summed E-state index contributed by atoms with van der Waals surface area (Å²) in [5.41, 5.74) is 1.29. The Bertz CT molecular complexity index is 966. The summed E-state index contributed by atoms with van der Waals surface area (Å²) in [5.74, 6) is 0.248. The molecule has 176 valence electrons. The number of nitrogens with one attached hydrogen (secondary N) is 1. The van der Waals surface area contributed by atoms with E-state index in [1.807, 2.05) is 48.5 Å². The van der Waals surface area contributed by atoms with Crippen LogP contribution in [0.5, 0.6) is 5.75 Å². The van der Waals surface area contributed by atoms with Crippen molar-refractivity contribution in [3.63, 3.8) is 0 Å². The van der Waals surface area contributed by atoms with Gasteiger partial charge in [0.05, 0.1) is 5.60 Å². The smallest absolute Gasteiger partial charge is 0.407 e. The van der Waals surface area contributed by atoms with Crippen LogP contribution in [0.4, 0.5) is 4.79 Å². The van der Waals surface area contributed by atoms with Crippen molar-refractivity contribution in [2.24, 2.45) is 0 Å². The lowest BCUT2D eigenvalue weighted by atomic mass is 9.55. The van der Waals surface area contributed by atoms with Gasteiger partial charge >= 0.3 is 6.09 Å². The average molecular weight is 451 g/mol. The molecule has 1 aliphatic heterocycles. The minimum absolute atomic E-state index is 0.0372. The van der Waals surface area contributed by atoms with Gasteiger partial charge in [-0.25, -0.2) is 4.79 Å². The van der Waals surface area contributed by atoms with E-state index >= 15 is 0 Å². The van der Waals surface area contributed by atoms with E-state index in [0.29, 0.717) is 0 Å². The lowest BCUT2D eigenvalue weighted by Gasteiger charge is -2.59.